The van der Waals surface area contributed by atoms with Crippen LogP contribution in [0.2, 0.25) is 0 Å². The van der Waals surface area contributed by atoms with Gasteiger partial charge in [0.2, 0.25) is 0 Å². The summed E-state index contributed by atoms with van der Waals surface area (Å²) < 4.78 is 2.21. The Bertz CT molecular complexity index is 690. The molecule has 22 heavy (non-hydrogen) atoms. The van der Waals surface area contributed by atoms with Crippen LogP contribution >= 0.6 is 0 Å². The second-order valence-electron chi connectivity index (χ2n) is 6.20. The molecule has 0 fully saturated rings. The number of rotatable bonds is 5. The Hall–Kier alpha value is -1.81. The number of likely N-dealkylation sites (N-methyl/N-ethyl adjacent to an activating group) is 1. The quantitative estimate of drug-likeness (QED) is 0.892. The predicted octanol–water partition coefficient (Wildman–Crippen LogP) is 2.98. The van der Waals surface area contributed by atoms with Crippen molar-refractivity contribution >= 4 is 11.5 Å². The van der Waals surface area contributed by atoms with Gasteiger partial charge in [-0.05, 0) is 49.6 Å². The van der Waals surface area contributed by atoms with Crippen molar-refractivity contribution < 1.29 is 9.90 Å². The first kappa shape index (κ1) is 15.1. The van der Waals surface area contributed by atoms with Gasteiger partial charge in [-0.1, -0.05) is 19.4 Å². The minimum absolute atomic E-state index is 0.391. The zero-order chi connectivity index (χ0) is 15.7. The summed E-state index contributed by atoms with van der Waals surface area (Å²) in [5, 5.41) is 13.1. The number of nitrogens with zero attached hydrogens (tertiary/aromatic N) is 1. The van der Waals surface area contributed by atoms with E-state index < -0.39 is 11.9 Å². The standard InChI is InChI=1S/C18H24N2O2/c1-3-6-14(18(21)22)17-13-9-8-12(19-2)11-16(13)20-10-5-4-7-15(17)20/h4-5,7,10,12,14,19H,3,6,8-9,11H2,1-2H3,(H,21,22)/t12-,14?/m1/s1. The third kappa shape index (κ3) is 2.41. The summed E-state index contributed by atoms with van der Waals surface area (Å²) in [4.78, 5) is 11.8. The van der Waals surface area contributed by atoms with E-state index in [1.807, 2.05) is 19.2 Å². The van der Waals surface area contributed by atoms with Crippen LogP contribution < -0.4 is 5.32 Å². The summed E-state index contributed by atoms with van der Waals surface area (Å²) in [6, 6.07) is 6.57. The number of hydrogen-bond donors (Lipinski definition) is 2. The van der Waals surface area contributed by atoms with Crippen molar-refractivity contribution in [1.29, 1.82) is 0 Å². The minimum atomic E-state index is -0.697. The van der Waals surface area contributed by atoms with Crippen molar-refractivity contribution in [3.63, 3.8) is 0 Å². The summed E-state index contributed by atoms with van der Waals surface area (Å²) in [7, 11) is 2.00. The molecule has 4 heteroatoms. The van der Waals surface area contributed by atoms with Gasteiger partial charge in [-0.15, -0.1) is 0 Å². The zero-order valence-corrected chi connectivity index (χ0v) is 13.3. The van der Waals surface area contributed by atoms with E-state index in [9.17, 15) is 9.90 Å². The van der Waals surface area contributed by atoms with Crippen molar-refractivity contribution in [1.82, 2.24) is 9.72 Å². The van der Waals surface area contributed by atoms with E-state index in [0.29, 0.717) is 12.5 Å². The first-order valence-corrected chi connectivity index (χ1v) is 8.18. The van der Waals surface area contributed by atoms with Gasteiger partial charge in [-0.25, -0.2) is 0 Å². The van der Waals surface area contributed by atoms with Crippen LogP contribution in [0.3, 0.4) is 0 Å². The third-order valence-corrected chi connectivity index (χ3v) is 4.91. The number of hydrogen-bond acceptors (Lipinski definition) is 2. The van der Waals surface area contributed by atoms with Gasteiger partial charge < -0.3 is 14.8 Å². The molecule has 2 heterocycles. The summed E-state index contributed by atoms with van der Waals surface area (Å²) in [6.07, 6.45) is 6.66. The van der Waals surface area contributed by atoms with Crippen molar-refractivity contribution in [2.45, 2.75) is 51.0 Å². The molecule has 3 rings (SSSR count). The Labute approximate surface area is 131 Å². The van der Waals surface area contributed by atoms with E-state index in [-0.39, 0.29) is 0 Å². The minimum Gasteiger partial charge on any atom is -0.481 e. The maximum absolute atomic E-state index is 11.8. The first-order chi connectivity index (χ1) is 10.7. The molecule has 0 aliphatic heterocycles. The van der Waals surface area contributed by atoms with E-state index in [1.54, 1.807) is 0 Å². The van der Waals surface area contributed by atoms with Crippen LogP contribution in [0.5, 0.6) is 0 Å². The summed E-state index contributed by atoms with van der Waals surface area (Å²) in [6.45, 7) is 2.05. The van der Waals surface area contributed by atoms with E-state index in [1.165, 1.54) is 11.3 Å². The number of aliphatic carboxylic acids is 1. The lowest BCUT2D eigenvalue weighted by molar-refractivity contribution is -0.139. The monoisotopic (exact) mass is 300 g/mol. The molecule has 0 aromatic carbocycles. The van der Waals surface area contributed by atoms with Crippen molar-refractivity contribution in [3.05, 3.63) is 41.2 Å². The molecule has 0 amide bonds. The van der Waals surface area contributed by atoms with Crippen LogP contribution in [-0.4, -0.2) is 28.6 Å². The number of carboxylic acid groups (broad SMARTS) is 1. The molecule has 1 aliphatic rings. The van der Waals surface area contributed by atoms with E-state index in [0.717, 1.165) is 36.8 Å². The molecule has 2 atom stereocenters. The summed E-state index contributed by atoms with van der Waals surface area (Å²) in [5.74, 6) is -1.09. The highest BCUT2D eigenvalue weighted by Crippen LogP contribution is 2.37. The van der Waals surface area contributed by atoms with E-state index >= 15 is 0 Å². The van der Waals surface area contributed by atoms with Crippen LogP contribution in [-0.2, 0) is 17.6 Å². The highest BCUT2D eigenvalue weighted by atomic mass is 16.4. The van der Waals surface area contributed by atoms with E-state index in [2.05, 4.69) is 28.9 Å². The van der Waals surface area contributed by atoms with Crippen LogP contribution in [0.25, 0.3) is 5.52 Å². The molecule has 0 saturated carbocycles. The molecule has 0 bridgehead atoms. The zero-order valence-electron chi connectivity index (χ0n) is 13.3. The van der Waals surface area contributed by atoms with Gasteiger partial charge in [0.25, 0.3) is 0 Å². The highest BCUT2D eigenvalue weighted by Gasteiger charge is 2.31. The fourth-order valence-corrected chi connectivity index (χ4v) is 3.82. The Morgan fingerprint density at radius 3 is 3.00 bits per heavy atom. The van der Waals surface area contributed by atoms with Crippen LogP contribution in [0.1, 0.15) is 48.9 Å². The number of carboxylic acids is 1. The second kappa shape index (κ2) is 6.13. The highest BCUT2D eigenvalue weighted by molar-refractivity contribution is 5.82. The van der Waals surface area contributed by atoms with Crippen LogP contribution in [0.15, 0.2) is 24.4 Å². The number of nitrogens with one attached hydrogen (secondary N) is 1. The largest absolute Gasteiger partial charge is 0.481 e. The number of pyridine rings is 1. The summed E-state index contributed by atoms with van der Waals surface area (Å²) in [5.41, 5.74) is 4.70. The molecule has 0 radical (unpaired) electrons. The second-order valence-corrected chi connectivity index (χ2v) is 6.20. The Kier molecular flexibility index (Phi) is 4.21. The third-order valence-electron chi connectivity index (χ3n) is 4.91. The van der Waals surface area contributed by atoms with Gasteiger partial charge in [0.15, 0.2) is 0 Å². The number of carbonyl (C=O) groups is 1. The molecule has 1 aliphatic carbocycles. The van der Waals surface area contributed by atoms with Gasteiger partial charge in [-0.3, -0.25) is 4.79 Å². The number of aromatic nitrogens is 1. The van der Waals surface area contributed by atoms with Crippen LogP contribution in [0.4, 0.5) is 0 Å². The molecule has 0 spiro atoms. The molecule has 2 aromatic heterocycles. The predicted molar refractivity (Wildman–Crippen MR) is 87.6 cm³/mol. The van der Waals surface area contributed by atoms with Crippen molar-refractivity contribution in [2.75, 3.05) is 7.05 Å². The fraction of sp³-hybridized carbons (Fsp3) is 0.500. The molecule has 2 N–H and O–H groups in total. The van der Waals surface area contributed by atoms with Crippen molar-refractivity contribution in [3.8, 4) is 0 Å². The lowest BCUT2D eigenvalue weighted by Crippen LogP contribution is -2.32. The number of fused-ring (bicyclic) bond motifs is 3. The molecule has 4 nitrogen and oxygen atoms in total. The van der Waals surface area contributed by atoms with Gasteiger partial charge in [0.05, 0.1) is 5.92 Å². The molecule has 1 unspecified atom stereocenters. The van der Waals surface area contributed by atoms with Gasteiger partial charge in [0, 0.05) is 29.9 Å². The van der Waals surface area contributed by atoms with Gasteiger partial charge >= 0.3 is 5.97 Å². The summed E-state index contributed by atoms with van der Waals surface area (Å²) >= 11 is 0. The Morgan fingerprint density at radius 2 is 2.32 bits per heavy atom. The van der Waals surface area contributed by atoms with Gasteiger partial charge in [0.1, 0.15) is 0 Å². The van der Waals surface area contributed by atoms with Gasteiger partial charge in [-0.2, -0.15) is 0 Å². The lowest BCUT2D eigenvalue weighted by atomic mass is 9.85. The Balaban J connectivity index is 2.20. The molecule has 2 aromatic rings. The smallest absolute Gasteiger partial charge is 0.311 e. The molecular weight excluding hydrogens is 276 g/mol. The topological polar surface area (TPSA) is 53.7 Å². The normalized spacial score (nSPS) is 19.1. The van der Waals surface area contributed by atoms with Crippen molar-refractivity contribution in [2.24, 2.45) is 0 Å². The average Bonchev–Trinajstić information content (AvgIpc) is 2.86. The average molecular weight is 300 g/mol. The molecule has 118 valence electrons. The van der Waals surface area contributed by atoms with E-state index in [4.69, 9.17) is 0 Å². The first-order valence-electron chi connectivity index (χ1n) is 8.18. The lowest BCUT2D eigenvalue weighted by Gasteiger charge is -2.23. The SMILES string of the molecule is CCCC(C(=O)O)c1c2c(n3ccccc13)C[C@H](NC)CC2. The molecular formula is C18H24N2O2. The van der Waals surface area contributed by atoms with Crippen LogP contribution in [0, 0.1) is 0 Å². The maximum Gasteiger partial charge on any atom is 0.311 e. The molecule has 0 saturated heterocycles. The maximum atomic E-state index is 11.8. The fourth-order valence-electron chi connectivity index (χ4n) is 3.82. The Morgan fingerprint density at radius 1 is 1.50 bits per heavy atom.